The van der Waals surface area contributed by atoms with Crippen molar-refractivity contribution in [2.75, 3.05) is 39.9 Å². The van der Waals surface area contributed by atoms with E-state index in [1.807, 2.05) is 13.0 Å². The van der Waals surface area contributed by atoms with E-state index in [1.165, 1.54) is 57.3 Å². The lowest BCUT2D eigenvalue weighted by molar-refractivity contribution is 0.261. The summed E-state index contributed by atoms with van der Waals surface area (Å²) in [6.45, 7) is 12.8. The average Bonchev–Trinajstić information content (AvgIpc) is 2.64. The van der Waals surface area contributed by atoms with Crippen LogP contribution >= 0.6 is 24.8 Å². The van der Waals surface area contributed by atoms with Gasteiger partial charge < -0.3 is 19.7 Å². The smallest absolute Gasteiger partial charge is 0.161 e. The molecular weight excluding hydrogens is 383 g/mol. The minimum absolute atomic E-state index is 0. The van der Waals surface area contributed by atoms with Gasteiger partial charge in [0.1, 0.15) is 0 Å². The van der Waals surface area contributed by atoms with Crippen molar-refractivity contribution >= 4 is 24.8 Å². The SMILES string of the molecule is CCCCN(CCCC)CCCNCc1ccc(OCC)c(OC)c1.Cl.Cl. The molecular formula is C21H40Cl2N2O2. The van der Waals surface area contributed by atoms with Gasteiger partial charge in [0.15, 0.2) is 11.5 Å². The molecule has 0 bridgehead atoms. The number of benzene rings is 1. The molecule has 0 atom stereocenters. The molecule has 160 valence electrons. The van der Waals surface area contributed by atoms with E-state index in [9.17, 15) is 0 Å². The Morgan fingerprint density at radius 1 is 0.889 bits per heavy atom. The predicted molar refractivity (Wildman–Crippen MR) is 121 cm³/mol. The number of ether oxygens (including phenoxy) is 2. The van der Waals surface area contributed by atoms with Gasteiger partial charge in [0.2, 0.25) is 0 Å². The lowest BCUT2D eigenvalue weighted by Gasteiger charge is -2.22. The molecule has 0 aromatic heterocycles. The third-order valence-electron chi connectivity index (χ3n) is 4.34. The van der Waals surface area contributed by atoms with Crippen LogP contribution in [0.1, 0.15) is 58.4 Å². The fraction of sp³-hybridized carbons (Fsp3) is 0.714. The Morgan fingerprint density at radius 2 is 1.52 bits per heavy atom. The third-order valence-corrected chi connectivity index (χ3v) is 4.34. The number of hydrogen-bond donors (Lipinski definition) is 1. The van der Waals surface area contributed by atoms with E-state index in [4.69, 9.17) is 9.47 Å². The molecule has 0 unspecified atom stereocenters. The van der Waals surface area contributed by atoms with Gasteiger partial charge in [0.05, 0.1) is 13.7 Å². The number of methoxy groups -OCH3 is 1. The molecule has 0 saturated carbocycles. The molecule has 27 heavy (non-hydrogen) atoms. The summed E-state index contributed by atoms with van der Waals surface area (Å²) in [4.78, 5) is 2.62. The zero-order chi connectivity index (χ0) is 18.3. The molecule has 0 amide bonds. The van der Waals surface area contributed by atoms with Crippen molar-refractivity contribution in [3.05, 3.63) is 23.8 Å². The first kappa shape index (κ1) is 28.5. The van der Waals surface area contributed by atoms with E-state index in [2.05, 4.69) is 36.2 Å². The van der Waals surface area contributed by atoms with Gasteiger partial charge in [-0.1, -0.05) is 32.8 Å². The molecule has 0 spiro atoms. The van der Waals surface area contributed by atoms with Crippen LogP contribution in [0.3, 0.4) is 0 Å². The van der Waals surface area contributed by atoms with Gasteiger partial charge in [0, 0.05) is 6.54 Å². The first-order valence-corrected chi connectivity index (χ1v) is 9.97. The molecule has 6 heteroatoms. The summed E-state index contributed by atoms with van der Waals surface area (Å²) < 4.78 is 11.0. The van der Waals surface area contributed by atoms with E-state index in [0.29, 0.717) is 6.61 Å². The Labute approximate surface area is 179 Å². The van der Waals surface area contributed by atoms with Crippen LogP contribution in [0, 0.1) is 0 Å². The van der Waals surface area contributed by atoms with Gasteiger partial charge in [-0.25, -0.2) is 0 Å². The summed E-state index contributed by atoms with van der Waals surface area (Å²) in [6, 6.07) is 6.17. The minimum Gasteiger partial charge on any atom is -0.493 e. The number of hydrogen-bond acceptors (Lipinski definition) is 4. The highest BCUT2D eigenvalue weighted by atomic mass is 35.5. The van der Waals surface area contributed by atoms with E-state index < -0.39 is 0 Å². The number of nitrogens with zero attached hydrogens (tertiary/aromatic N) is 1. The van der Waals surface area contributed by atoms with Crippen LogP contribution in [0.15, 0.2) is 18.2 Å². The fourth-order valence-corrected chi connectivity index (χ4v) is 2.86. The van der Waals surface area contributed by atoms with Crippen molar-refractivity contribution in [3.63, 3.8) is 0 Å². The zero-order valence-electron chi connectivity index (χ0n) is 17.6. The second-order valence-electron chi connectivity index (χ2n) is 6.50. The summed E-state index contributed by atoms with van der Waals surface area (Å²) in [7, 11) is 1.69. The summed E-state index contributed by atoms with van der Waals surface area (Å²) in [5.74, 6) is 1.63. The van der Waals surface area contributed by atoms with E-state index >= 15 is 0 Å². The second-order valence-corrected chi connectivity index (χ2v) is 6.50. The normalized spacial score (nSPS) is 10.3. The third kappa shape index (κ3) is 12.4. The molecule has 0 fully saturated rings. The van der Waals surface area contributed by atoms with Crippen LogP contribution in [0.5, 0.6) is 11.5 Å². The predicted octanol–water partition coefficient (Wildman–Crippen LogP) is 5.32. The van der Waals surface area contributed by atoms with Gasteiger partial charge in [-0.15, -0.1) is 24.8 Å². The lowest BCUT2D eigenvalue weighted by atomic mass is 10.2. The van der Waals surface area contributed by atoms with Crippen LogP contribution in [-0.2, 0) is 6.54 Å². The highest BCUT2D eigenvalue weighted by Crippen LogP contribution is 2.27. The Balaban J connectivity index is 0. The Hall–Kier alpha value is -0.680. The summed E-state index contributed by atoms with van der Waals surface area (Å²) >= 11 is 0. The van der Waals surface area contributed by atoms with Crippen LogP contribution in [0.25, 0.3) is 0 Å². The fourth-order valence-electron chi connectivity index (χ4n) is 2.86. The van der Waals surface area contributed by atoms with Gasteiger partial charge >= 0.3 is 0 Å². The topological polar surface area (TPSA) is 33.7 Å². The number of unbranched alkanes of at least 4 members (excludes halogenated alkanes) is 2. The largest absolute Gasteiger partial charge is 0.493 e. The van der Waals surface area contributed by atoms with E-state index in [1.54, 1.807) is 7.11 Å². The van der Waals surface area contributed by atoms with Crippen molar-refractivity contribution < 1.29 is 9.47 Å². The van der Waals surface area contributed by atoms with Crippen LogP contribution < -0.4 is 14.8 Å². The van der Waals surface area contributed by atoms with Crippen molar-refractivity contribution in [2.45, 2.75) is 59.4 Å². The summed E-state index contributed by atoms with van der Waals surface area (Å²) in [6.07, 6.45) is 6.37. The number of halogens is 2. The highest BCUT2D eigenvalue weighted by Gasteiger charge is 2.06. The maximum Gasteiger partial charge on any atom is 0.161 e. The maximum absolute atomic E-state index is 5.57. The zero-order valence-corrected chi connectivity index (χ0v) is 19.2. The van der Waals surface area contributed by atoms with Gasteiger partial charge in [-0.2, -0.15) is 0 Å². The van der Waals surface area contributed by atoms with Crippen LogP contribution in [0.2, 0.25) is 0 Å². The van der Waals surface area contributed by atoms with Crippen molar-refractivity contribution in [1.29, 1.82) is 0 Å². The van der Waals surface area contributed by atoms with Crippen molar-refractivity contribution in [3.8, 4) is 11.5 Å². The number of nitrogens with one attached hydrogen (secondary N) is 1. The average molecular weight is 423 g/mol. The van der Waals surface area contributed by atoms with Gasteiger partial charge in [-0.3, -0.25) is 0 Å². The van der Waals surface area contributed by atoms with Crippen LogP contribution in [-0.4, -0.2) is 44.8 Å². The highest BCUT2D eigenvalue weighted by molar-refractivity contribution is 5.85. The van der Waals surface area contributed by atoms with E-state index in [-0.39, 0.29) is 24.8 Å². The molecule has 1 rings (SSSR count). The molecule has 0 aliphatic rings. The monoisotopic (exact) mass is 422 g/mol. The molecule has 1 aromatic carbocycles. The van der Waals surface area contributed by atoms with Crippen LogP contribution in [0.4, 0.5) is 0 Å². The molecule has 4 nitrogen and oxygen atoms in total. The molecule has 0 aliphatic carbocycles. The first-order chi connectivity index (χ1) is 12.2. The Bertz CT molecular complexity index is 454. The number of rotatable bonds is 15. The first-order valence-electron chi connectivity index (χ1n) is 9.97. The van der Waals surface area contributed by atoms with Gasteiger partial charge in [0.25, 0.3) is 0 Å². The van der Waals surface area contributed by atoms with Crippen molar-refractivity contribution in [1.82, 2.24) is 10.2 Å². The molecule has 0 saturated heterocycles. The lowest BCUT2D eigenvalue weighted by Crippen LogP contribution is -2.29. The molecule has 0 aliphatic heterocycles. The summed E-state index contributed by atoms with van der Waals surface area (Å²) in [5.41, 5.74) is 1.23. The molecule has 1 N–H and O–H groups in total. The quantitative estimate of drug-likeness (QED) is 0.387. The standard InChI is InChI=1S/C21H38N2O2.2ClH/c1-5-8-14-23(15-9-6-2)16-10-13-22-18-19-11-12-20(25-7-3)21(17-19)24-4;;/h11-12,17,22H,5-10,13-16,18H2,1-4H3;2*1H. The summed E-state index contributed by atoms with van der Waals surface area (Å²) in [5, 5.41) is 3.55. The van der Waals surface area contributed by atoms with Gasteiger partial charge in [-0.05, 0) is 70.1 Å². The minimum atomic E-state index is 0. The molecule has 0 radical (unpaired) electrons. The van der Waals surface area contributed by atoms with Crippen molar-refractivity contribution in [2.24, 2.45) is 0 Å². The molecule has 0 heterocycles. The second kappa shape index (κ2) is 18.7. The van der Waals surface area contributed by atoms with E-state index in [0.717, 1.165) is 24.6 Å². The Kier molecular flexibility index (Phi) is 19.7. The molecule has 1 aromatic rings. The Morgan fingerprint density at radius 3 is 2.07 bits per heavy atom. The maximum atomic E-state index is 5.57.